The van der Waals surface area contributed by atoms with Gasteiger partial charge >= 0.3 is 12.4 Å². The van der Waals surface area contributed by atoms with E-state index in [4.69, 9.17) is 3.63 Å². The lowest BCUT2D eigenvalue weighted by Crippen LogP contribution is -2.22. The van der Waals surface area contributed by atoms with Gasteiger partial charge in [-0.25, -0.2) is 0 Å². The lowest BCUT2D eigenvalue weighted by molar-refractivity contribution is -0.153. The van der Waals surface area contributed by atoms with Gasteiger partial charge < -0.3 is 0 Å². The highest BCUT2D eigenvalue weighted by Crippen LogP contribution is 2.64. The molecule has 0 heterocycles. The summed E-state index contributed by atoms with van der Waals surface area (Å²) in [7, 11) is -5.86. The molecule has 0 aliphatic heterocycles. The second-order valence-electron chi connectivity index (χ2n) is 3.82. The molecule has 2 unspecified atom stereocenters. The summed E-state index contributed by atoms with van der Waals surface area (Å²) in [5.74, 6) is 0. The highest BCUT2D eigenvalue weighted by Gasteiger charge is 2.34. The van der Waals surface area contributed by atoms with Crippen molar-refractivity contribution in [2.24, 2.45) is 0 Å². The van der Waals surface area contributed by atoms with Crippen molar-refractivity contribution in [3.8, 4) is 0 Å². The Bertz CT molecular complexity index is 339. The molecule has 0 aromatic heterocycles. The Hall–Kier alpha value is -0.360. The first-order chi connectivity index (χ1) is 9.24. The summed E-state index contributed by atoms with van der Waals surface area (Å²) in [5.41, 5.74) is 0. The molecule has 0 bridgehead atoms. The van der Waals surface area contributed by atoms with E-state index in [2.05, 4.69) is 21.5 Å². The molecule has 0 saturated carbocycles. The van der Waals surface area contributed by atoms with E-state index in [0.29, 0.717) is 0 Å². The van der Waals surface area contributed by atoms with E-state index in [1.807, 2.05) is 0 Å². The highest BCUT2D eigenvalue weighted by molar-refractivity contribution is 8.39. The standard InChI is InChI=1S/C10H16F6O3S2/c1-5-20(3,17-7-9(11,12)13)19-21(4,6-2)18-8-10(14,15)16/h5-6H,1-2,7-8H2,3-4H3. The zero-order valence-corrected chi connectivity index (χ0v) is 12.9. The van der Waals surface area contributed by atoms with Crippen molar-refractivity contribution in [2.45, 2.75) is 12.4 Å². The van der Waals surface area contributed by atoms with Crippen LogP contribution in [0, 0.1) is 0 Å². The van der Waals surface area contributed by atoms with Gasteiger partial charge in [0.05, 0.1) is 0 Å². The maximum Gasteiger partial charge on any atom is 0.414 e. The molecule has 21 heavy (non-hydrogen) atoms. The van der Waals surface area contributed by atoms with Gasteiger partial charge in [-0.1, -0.05) is 13.2 Å². The number of hydrogen-bond donors (Lipinski definition) is 0. The predicted octanol–water partition coefficient (Wildman–Crippen LogP) is 4.98. The smallest absolute Gasteiger partial charge is 0.269 e. The van der Waals surface area contributed by atoms with Crippen molar-refractivity contribution >= 4 is 21.2 Å². The first kappa shape index (κ1) is 20.6. The second kappa shape index (κ2) is 7.27. The third-order valence-electron chi connectivity index (χ3n) is 1.79. The van der Waals surface area contributed by atoms with Crippen LogP contribution in [0.15, 0.2) is 24.0 Å². The Kier molecular flexibility index (Phi) is 7.14. The molecule has 128 valence electrons. The van der Waals surface area contributed by atoms with E-state index in [9.17, 15) is 26.3 Å². The van der Waals surface area contributed by atoms with E-state index in [1.165, 1.54) is 0 Å². The average molecular weight is 362 g/mol. The van der Waals surface area contributed by atoms with Gasteiger partial charge in [-0.15, -0.1) is 0 Å². The summed E-state index contributed by atoms with van der Waals surface area (Å²) in [6.45, 7) is 3.33. The summed E-state index contributed by atoms with van der Waals surface area (Å²) < 4.78 is 87.3. The fraction of sp³-hybridized carbons (Fsp3) is 0.600. The molecule has 0 aliphatic carbocycles. The van der Waals surface area contributed by atoms with Crippen LogP contribution in [0.25, 0.3) is 0 Å². The second-order valence-corrected chi connectivity index (χ2v) is 8.82. The van der Waals surface area contributed by atoms with Gasteiger partial charge in [-0.3, -0.25) is 8.37 Å². The van der Waals surface area contributed by atoms with Crippen LogP contribution in [0.3, 0.4) is 0 Å². The van der Waals surface area contributed by atoms with Crippen LogP contribution in [0.2, 0.25) is 0 Å². The summed E-state index contributed by atoms with van der Waals surface area (Å²) in [6.07, 6.45) is -6.88. The lowest BCUT2D eigenvalue weighted by atomic mass is 10.7. The minimum absolute atomic E-state index is 0.977. The van der Waals surface area contributed by atoms with Crippen LogP contribution in [0.5, 0.6) is 0 Å². The number of rotatable bonds is 8. The molecule has 0 N–H and O–H groups in total. The normalized spacial score (nSPS) is 21.7. The van der Waals surface area contributed by atoms with E-state index in [0.717, 1.165) is 23.3 Å². The van der Waals surface area contributed by atoms with Crippen LogP contribution in [0.4, 0.5) is 26.3 Å². The van der Waals surface area contributed by atoms with Crippen LogP contribution in [-0.4, -0.2) is 38.1 Å². The van der Waals surface area contributed by atoms with Crippen LogP contribution >= 0.6 is 21.2 Å². The topological polar surface area (TPSA) is 27.7 Å². The molecule has 0 saturated heterocycles. The highest BCUT2D eigenvalue weighted by atomic mass is 32.4. The summed E-state index contributed by atoms with van der Waals surface area (Å²) in [5, 5.41) is 1.95. The minimum atomic E-state index is -4.60. The van der Waals surface area contributed by atoms with E-state index < -0.39 is 46.7 Å². The number of alkyl halides is 6. The monoisotopic (exact) mass is 362 g/mol. The quantitative estimate of drug-likeness (QED) is 0.570. The van der Waals surface area contributed by atoms with E-state index in [1.54, 1.807) is 0 Å². The number of hydrogen-bond acceptors (Lipinski definition) is 3. The molecule has 0 amide bonds. The lowest BCUT2D eigenvalue weighted by Gasteiger charge is -2.46. The van der Waals surface area contributed by atoms with Crippen molar-refractivity contribution in [1.29, 1.82) is 0 Å². The molecule has 3 nitrogen and oxygen atoms in total. The molecule has 0 aliphatic rings. The fourth-order valence-corrected chi connectivity index (χ4v) is 4.66. The molecule has 0 fully saturated rings. The molecular weight excluding hydrogens is 346 g/mol. The first-order valence-electron chi connectivity index (χ1n) is 5.19. The van der Waals surface area contributed by atoms with Crippen molar-refractivity contribution in [3.05, 3.63) is 24.0 Å². The summed E-state index contributed by atoms with van der Waals surface area (Å²) in [4.78, 5) is 0. The maximum atomic E-state index is 12.1. The summed E-state index contributed by atoms with van der Waals surface area (Å²) >= 11 is 0. The van der Waals surface area contributed by atoms with Crippen LogP contribution in [-0.2, 0) is 12.0 Å². The van der Waals surface area contributed by atoms with Gasteiger partial charge in [-0.2, -0.15) is 51.2 Å². The van der Waals surface area contributed by atoms with Gasteiger partial charge in [-0.05, 0) is 0 Å². The van der Waals surface area contributed by atoms with Crippen molar-refractivity contribution in [2.75, 3.05) is 25.7 Å². The maximum absolute atomic E-state index is 12.1. The molecule has 0 spiro atoms. The van der Waals surface area contributed by atoms with Crippen LogP contribution in [0.1, 0.15) is 0 Å². The zero-order valence-electron chi connectivity index (χ0n) is 11.3. The summed E-state index contributed by atoms with van der Waals surface area (Å²) in [6, 6.07) is 0. The molecule has 2 atom stereocenters. The first-order valence-corrected chi connectivity index (χ1v) is 9.10. The Morgan fingerprint density at radius 2 is 1.10 bits per heavy atom. The van der Waals surface area contributed by atoms with Gasteiger partial charge in [0, 0.05) is 23.3 Å². The van der Waals surface area contributed by atoms with E-state index >= 15 is 0 Å². The third-order valence-corrected chi connectivity index (χ3v) is 6.33. The molecule has 0 radical (unpaired) electrons. The molecular formula is C10H16F6O3S2. The molecule has 0 rings (SSSR count). The Labute approximate surface area is 122 Å². The van der Waals surface area contributed by atoms with Crippen LogP contribution < -0.4 is 0 Å². The average Bonchev–Trinajstić information content (AvgIpc) is 2.33. The largest absolute Gasteiger partial charge is 0.414 e. The Morgan fingerprint density at radius 1 is 0.810 bits per heavy atom. The Morgan fingerprint density at radius 3 is 1.29 bits per heavy atom. The Balaban J connectivity index is 4.87. The molecule has 11 heteroatoms. The van der Waals surface area contributed by atoms with Crippen molar-refractivity contribution in [1.82, 2.24) is 0 Å². The van der Waals surface area contributed by atoms with Gasteiger partial charge in [0.2, 0.25) is 0 Å². The van der Waals surface area contributed by atoms with Gasteiger partial charge in [0.15, 0.2) is 13.2 Å². The number of halogens is 6. The van der Waals surface area contributed by atoms with Gasteiger partial charge in [0.25, 0.3) is 0 Å². The predicted molar refractivity (Wildman–Crippen MR) is 72.5 cm³/mol. The van der Waals surface area contributed by atoms with Crippen molar-refractivity contribution in [3.63, 3.8) is 0 Å². The minimum Gasteiger partial charge on any atom is -0.269 e. The molecule has 0 aromatic carbocycles. The van der Waals surface area contributed by atoms with Gasteiger partial charge in [0.1, 0.15) is 0 Å². The SMILES string of the molecule is C=CS(C)(OCC(F)(F)F)OS(C)(C=C)OCC(F)(F)F. The molecule has 0 aromatic rings. The van der Waals surface area contributed by atoms with E-state index in [-0.39, 0.29) is 0 Å². The van der Waals surface area contributed by atoms with Crippen molar-refractivity contribution < 1.29 is 38.3 Å². The third kappa shape index (κ3) is 9.30. The zero-order chi connectivity index (χ0) is 16.9. The fourth-order valence-electron chi connectivity index (χ4n) is 0.827.